The molecule has 0 amide bonds. The van der Waals surface area contributed by atoms with E-state index in [0.717, 1.165) is 6.42 Å². The van der Waals surface area contributed by atoms with Gasteiger partial charge in [0, 0.05) is 25.8 Å². The lowest BCUT2D eigenvalue weighted by molar-refractivity contribution is 0.0643. The summed E-state index contributed by atoms with van der Waals surface area (Å²) in [7, 11) is 1.62. The van der Waals surface area contributed by atoms with Crippen LogP contribution < -0.4 is 10.5 Å². The number of methoxy groups -OCH3 is 1. The molecule has 0 unspecified atom stereocenters. The van der Waals surface area contributed by atoms with Crippen molar-refractivity contribution < 1.29 is 24.1 Å². The van der Waals surface area contributed by atoms with Gasteiger partial charge in [0.05, 0.1) is 25.4 Å². The maximum absolute atomic E-state index is 11.0. The smallest absolute Gasteiger partial charge is 0.337 e. The van der Waals surface area contributed by atoms with Crippen molar-refractivity contribution in [2.24, 2.45) is 0 Å². The minimum Gasteiger partial charge on any atom is -0.493 e. The van der Waals surface area contributed by atoms with Gasteiger partial charge in [-0.05, 0) is 24.6 Å². The lowest BCUT2D eigenvalue weighted by Crippen LogP contribution is -2.08. The zero-order valence-electron chi connectivity index (χ0n) is 11.8. The highest BCUT2D eigenvalue weighted by Crippen LogP contribution is 2.24. The van der Waals surface area contributed by atoms with Crippen LogP contribution in [0.2, 0.25) is 0 Å². The zero-order chi connectivity index (χ0) is 15.0. The molecular weight excluding hydrogens is 262 g/mol. The van der Waals surface area contributed by atoms with Crippen molar-refractivity contribution in [1.82, 2.24) is 0 Å². The second-order valence-corrected chi connectivity index (χ2v) is 4.31. The Morgan fingerprint density at radius 3 is 2.65 bits per heavy atom. The highest BCUT2D eigenvalue weighted by Gasteiger charge is 2.12. The first-order valence-corrected chi connectivity index (χ1v) is 6.39. The van der Waals surface area contributed by atoms with E-state index in [-0.39, 0.29) is 11.3 Å². The number of hydrogen-bond donors (Lipinski definition) is 2. The van der Waals surface area contributed by atoms with Gasteiger partial charge in [0.1, 0.15) is 5.75 Å². The highest BCUT2D eigenvalue weighted by molar-refractivity contribution is 5.95. The topological polar surface area (TPSA) is 91.0 Å². The summed E-state index contributed by atoms with van der Waals surface area (Å²) < 4.78 is 15.7. The van der Waals surface area contributed by atoms with Crippen LogP contribution in [-0.4, -0.2) is 44.6 Å². The van der Waals surface area contributed by atoms with Crippen LogP contribution in [0.25, 0.3) is 0 Å². The van der Waals surface area contributed by atoms with Crippen molar-refractivity contribution in [3.8, 4) is 5.75 Å². The van der Waals surface area contributed by atoms with Crippen LogP contribution in [0.1, 0.15) is 22.3 Å². The first kappa shape index (κ1) is 16.3. The fourth-order valence-electron chi connectivity index (χ4n) is 1.62. The number of hydrogen-bond acceptors (Lipinski definition) is 5. The van der Waals surface area contributed by atoms with Gasteiger partial charge in [-0.1, -0.05) is 0 Å². The van der Waals surface area contributed by atoms with Crippen molar-refractivity contribution in [3.05, 3.63) is 23.3 Å². The van der Waals surface area contributed by atoms with Gasteiger partial charge < -0.3 is 25.1 Å². The van der Waals surface area contributed by atoms with Gasteiger partial charge >= 0.3 is 5.97 Å². The van der Waals surface area contributed by atoms with Gasteiger partial charge in [0.15, 0.2) is 0 Å². The Morgan fingerprint density at radius 1 is 1.25 bits per heavy atom. The molecule has 0 heterocycles. The molecular formula is C14H21NO5. The predicted molar refractivity (Wildman–Crippen MR) is 75.4 cm³/mol. The third kappa shape index (κ3) is 5.07. The summed E-state index contributed by atoms with van der Waals surface area (Å²) in [4.78, 5) is 11.0. The molecule has 0 aromatic heterocycles. The van der Waals surface area contributed by atoms with E-state index >= 15 is 0 Å². The highest BCUT2D eigenvalue weighted by atomic mass is 16.5. The lowest BCUT2D eigenvalue weighted by atomic mass is 10.1. The second-order valence-electron chi connectivity index (χ2n) is 4.31. The molecule has 0 fully saturated rings. The average molecular weight is 283 g/mol. The molecule has 1 aromatic carbocycles. The second kappa shape index (κ2) is 8.39. The van der Waals surface area contributed by atoms with Crippen molar-refractivity contribution in [2.75, 3.05) is 39.3 Å². The number of carbonyl (C=O) groups is 1. The van der Waals surface area contributed by atoms with E-state index in [1.54, 1.807) is 20.1 Å². The number of carboxylic acids is 1. The summed E-state index contributed by atoms with van der Waals surface area (Å²) in [6.45, 7) is 3.90. The molecule has 1 aromatic rings. The fourth-order valence-corrected chi connectivity index (χ4v) is 1.62. The van der Waals surface area contributed by atoms with E-state index in [1.807, 2.05) is 0 Å². The molecule has 20 heavy (non-hydrogen) atoms. The van der Waals surface area contributed by atoms with Crippen LogP contribution in [0.15, 0.2) is 12.1 Å². The molecule has 0 aliphatic rings. The number of nitrogen functional groups attached to an aromatic ring is 1. The number of aryl methyl sites for hydroxylation is 1. The average Bonchev–Trinajstić information content (AvgIpc) is 2.41. The van der Waals surface area contributed by atoms with Gasteiger partial charge in [0.25, 0.3) is 0 Å². The Kier molecular flexibility index (Phi) is 6.83. The van der Waals surface area contributed by atoms with E-state index in [4.69, 9.17) is 25.1 Å². The number of rotatable bonds is 9. The third-order valence-corrected chi connectivity index (χ3v) is 2.72. The molecule has 0 saturated heterocycles. The zero-order valence-corrected chi connectivity index (χ0v) is 11.8. The Morgan fingerprint density at radius 2 is 2.00 bits per heavy atom. The first-order valence-electron chi connectivity index (χ1n) is 6.39. The minimum atomic E-state index is -1.06. The van der Waals surface area contributed by atoms with Crippen molar-refractivity contribution in [2.45, 2.75) is 13.3 Å². The quantitative estimate of drug-likeness (QED) is 0.529. The van der Waals surface area contributed by atoms with Gasteiger partial charge in [-0.25, -0.2) is 4.79 Å². The summed E-state index contributed by atoms with van der Waals surface area (Å²) in [6, 6.07) is 3.17. The predicted octanol–water partition coefficient (Wildman–Crippen LogP) is 1.71. The molecule has 0 saturated carbocycles. The van der Waals surface area contributed by atoms with Gasteiger partial charge in [0.2, 0.25) is 0 Å². The van der Waals surface area contributed by atoms with Gasteiger partial charge in [-0.2, -0.15) is 0 Å². The SMILES string of the molecule is COCCOCCCOc1cc(C)c(N)c(C(=O)O)c1. The van der Waals surface area contributed by atoms with Crippen LogP contribution in [0.3, 0.4) is 0 Å². The molecule has 112 valence electrons. The maximum atomic E-state index is 11.0. The standard InChI is InChI=1S/C14H21NO5/c1-10-8-11(9-12(13(10)15)14(16)17)20-5-3-4-19-7-6-18-2/h8-9H,3-7,15H2,1-2H3,(H,16,17). The maximum Gasteiger partial charge on any atom is 0.337 e. The van der Waals surface area contributed by atoms with Crippen molar-refractivity contribution >= 4 is 11.7 Å². The third-order valence-electron chi connectivity index (χ3n) is 2.72. The summed E-state index contributed by atoms with van der Waals surface area (Å²) in [5, 5.41) is 9.04. The monoisotopic (exact) mass is 283 g/mol. The van der Waals surface area contributed by atoms with Crippen molar-refractivity contribution in [1.29, 1.82) is 0 Å². The summed E-state index contributed by atoms with van der Waals surface area (Å²) in [6.07, 6.45) is 0.718. The first-order chi connectivity index (χ1) is 9.56. The van der Waals surface area contributed by atoms with Crippen LogP contribution in [0.4, 0.5) is 5.69 Å². The van der Waals surface area contributed by atoms with Gasteiger partial charge in [-0.15, -0.1) is 0 Å². The number of ether oxygens (including phenoxy) is 3. The number of aromatic carboxylic acids is 1. The molecule has 6 heteroatoms. The summed E-state index contributed by atoms with van der Waals surface area (Å²) in [5.41, 5.74) is 6.74. The molecule has 0 spiro atoms. The van der Waals surface area contributed by atoms with Crippen LogP contribution in [0.5, 0.6) is 5.75 Å². The fraction of sp³-hybridized carbons (Fsp3) is 0.500. The molecule has 0 bridgehead atoms. The summed E-state index contributed by atoms with van der Waals surface area (Å²) >= 11 is 0. The van der Waals surface area contributed by atoms with Crippen LogP contribution in [-0.2, 0) is 9.47 Å². The molecule has 1 rings (SSSR count). The summed E-state index contributed by atoms with van der Waals surface area (Å²) in [5.74, 6) is -0.551. The molecule has 3 N–H and O–H groups in total. The normalized spacial score (nSPS) is 10.5. The van der Waals surface area contributed by atoms with E-state index in [2.05, 4.69) is 0 Å². The Hall–Kier alpha value is -1.79. The van der Waals surface area contributed by atoms with E-state index < -0.39 is 5.97 Å². The van der Waals surface area contributed by atoms with E-state index in [0.29, 0.717) is 37.7 Å². The van der Waals surface area contributed by atoms with E-state index in [1.165, 1.54) is 6.07 Å². The Balaban J connectivity index is 2.43. The largest absolute Gasteiger partial charge is 0.493 e. The molecule has 0 atom stereocenters. The Bertz CT molecular complexity index is 447. The van der Waals surface area contributed by atoms with Crippen molar-refractivity contribution in [3.63, 3.8) is 0 Å². The molecule has 0 aliphatic heterocycles. The molecule has 0 aliphatic carbocycles. The molecule has 6 nitrogen and oxygen atoms in total. The Labute approximate surface area is 118 Å². The van der Waals surface area contributed by atoms with Crippen LogP contribution >= 0.6 is 0 Å². The van der Waals surface area contributed by atoms with Gasteiger partial charge in [-0.3, -0.25) is 0 Å². The minimum absolute atomic E-state index is 0.0661. The lowest BCUT2D eigenvalue weighted by Gasteiger charge is -2.11. The number of carboxylic acid groups (broad SMARTS) is 1. The number of benzene rings is 1. The van der Waals surface area contributed by atoms with E-state index in [9.17, 15) is 4.79 Å². The number of nitrogens with two attached hydrogens (primary N) is 1. The van der Waals surface area contributed by atoms with Crippen LogP contribution in [0, 0.1) is 6.92 Å². The molecule has 0 radical (unpaired) electrons. The number of anilines is 1.